The number of benzene rings is 1. The molecule has 3 rings (SSSR count). The minimum absolute atomic E-state index is 0.0548. The molecule has 6 nitrogen and oxygen atoms in total. The number of fused-ring (bicyclic) bond motifs is 1. The van der Waals surface area contributed by atoms with Crippen molar-refractivity contribution in [3.63, 3.8) is 0 Å². The molecule has 2 heterocycles. The fraction of sp³-hybridized carbons (Fsp3) is 0.500. The molecular weight excluding hydrogens is 501 g/mol. The number of carbonyl (C=O) groups excluding carboxylic acids is 1. The van der Waals surface area contributed by atoms with Crippen LogP contribution in [0.4, 0.5) is 26.3 Å². The van der Waals surface area contributed by atoms with Gasteiger partial charge in [-0.05, 0) is 0 Å². The van der Waals surface area contributed by atoms with E-state index in [1.54, 1.807) is 6.92 Å². The summed E-state index contributed by atoms with van der Waals surface area (Å²) in [6, 6.07) is 4.38. The Kier molecular flexibility index (Phi) is 4.80. The second kappa shape index (κ2) is 6.35. The molecule has 0 aromatic heterocycles. The van der Waals surface area contributed by atoms with Gasteiger partial charge in [0.25, 0.3) is 0 Å². The number of ether oxygens (including phenoxy) is 2. The molecule has 0 radical (unpaired) electrons. The first-order valence-electron chi connectivity index (χ1n) is 7.36. The molecule has 0 bridgehead atoms. The maximum atomic E-state index is 12.6. The van der Waals surface area contributed by atoms with Gasteiger partial charge in [-0.3, -0.25) is 0 Å². The minimum atomic E-state index is -5.97. The molecule has 1 unspecified atom stereocenters. The molecule has 13 heteroatoms. The van der Waals surface area contributed by atoms with Crippen molar-refractivity contribution < 1.29 is 45.7 Å². The summed E-state index contributed by atoms with van der Waals surface area (Å²) in [6.45, 7) is -0.387. The number of esters is 1. The van der Waals surface area contributed by atoms with Crippen LogP contribution in [0.5, 0.6) is 11.5 Å². The fourth-order valence-corrected chi connectivity index (χ4v) is 6.91. The van der Waals surface area contributed by atoms with Gasteiger partial charge in [-0.2, -0.15) is 26.3 Å². The molecule has 0 aliphatic carbocycles. The summed E-state index contributed by atoms with van der Waals surface area (Å²) in [5, 5.41) is 9.01. The summed E-state index contributed by atoms with van der Waals surface area (Å²) in [5.41, 5.74) is -5.00. The third-order valence-electron chi connectivity index (χ3n) is 4.07. The predicted molar refractivity (Wildman–Crippen MR) is 86.8 cm³/mol. The number of carbonyl (C=O) groups is 1. The molecule has 1 aromatic rings. The van der Waals surface area contributed by atoms with E-state index >= 15 is 0 Å². The summed E-state index contributed by atoms with van der Waals surface area (Å²) in [6.07, 6.45) is -11.9. The molecule has 2 aliphatic heterocycles. The quantitative estimate of drug-likeness (QED) is 0.0790. The van der Waals surface area contributed by atoms with Crippen molar-refractivity contribution in [2.75, 3.05) is 6.61 Å². The molecule has 2 saturated heterocycles. The van der Waals surface area contributed by atoms with Gasteiger partial charge in [-0.15, -0.1) is 0 Å². The van der Waals surface area contributed by atoms with Crippen LogP contribution < -0.4 is 16.5 Å². The van der Waals surface area contributed by atoms with E-state index < -0.39 is 56.8 Å². The van der Waals surface area contributed by atoms with Crippen LogP contribution in [0.2, 0.25) is 0 Å². The number of aliphatic hydroxyl groups is 1. The molecule has 2 aliphatic rings. The Hall–Kier alpha value is -1.32. The summed E-state index contributed by atoms with van der Waals surface area (Å²) < 4.78 is 91.1. The normalized spacial score (nSPS) is 20.5. The summed E-state index contributed by atoms with van der Waals surface area (Å²) in [4.78, 5) is 12.0. The molecule has 0 amide bonds. The van der Waals surface area contributed by atoms with Crippen molar-refractivity contribution in [1.82, 2.24) is 7.06 Å². The summed E-state index contributed by atoms with van der Waals surface area (Å²) >= 11 is -1.33. The molecule has 1 aromatic carbocycles. The zero-order valence-electron chi connectivity index (χ0n) is 13.4. The Bertz CT molecular complexity index is 719. The van der Waals surface area contributed by atoms with Gasteiger partial charge in [-0.25, -0.2) is 0 Å². The van der Waals surface area contributed by atoms with Crippen LogP contribution >= 0.6 is 20.4 Å². The monoisotopic (exact) mass is 514 g/mol. The molecule has 0 spiro atoms. The van der Waals surface area contributed by atoms with E-state index in [4.69, 9.17) is 9.84 Å². The number of hydrogen-bond acceptors (Lipinski definition) is 6. The topological polar surface area (TPSA) is 99.6 Å². The average molecular weight is 514 g/mol. The van der Waals surface area contributed by atoms with E-state index in [-0.39, 0.29) is 15.2 Å². The average Bonchev–Trinajstić information content (AvgIpc) is 3.41. The first-order chi connectivity index (χ1) is 12.3. The Morgan fingerprint density at radius 2 is 1.56 bits per heavy atom. The molecule has 0 saturated carbocycles. The molecule has 2 fully saturated rings. The van der Waals surface area contributed by atoms with Crippen LogP contribution in [-0.4, -0.2) is 39.3 Å². The third kappa shape index (κ3) is 3.69. The molecule has 152 valence electrons. The van der Waals surface area contributed by atoms with Crippen molar-refractivity contribution in [3.05, 3.63) is 24.3 Å². The maximum absolute atomic E-state index is 12.6. The summed E-state index contributed by atoms with van der Waals surface area (Å²) in [5.74, 6) is -1.26. The number of rotatable bonds is 6. The zero-order valence-corrected chi connectivity index (χ0v) is 15.6. The van der Waals surface area contributed by atoms with E-state index in [1.165, 1.54) is 0 Å². The van der Waals surface area contributed by atoms with Crippen molar-refractivity contribution in [1.29, 1.82) is 0 Å². The number of nitrogens with one attached hydrogen (secondary N) is 2. The zero-order chi connectivity index (χ0) is 20.3. The summed E-state index contributed by atoms with van der Waals surface area (Å²) in [7, 11) is 0. The van der Waals surface area contributed by atoms with Gasteiger partial charge in [0.05, 0.1) is 0 Å². The van der Waals surface area contributed by atoms with E-state index in [2.05, 4.69) is 11.8 Å². The van der Waals surface area contributed by atoms with Crippen molar-refractivity contribution in [2.24, 2.45) is 5.92 Å². The van der Waals surface area contributed by atoms with Crippen molar-refractivity contribution in [2.45, 2.75) is 28.5 Å². The van der Waals surface area contributed by atoms with Gasteiger partial charge in [-0.1, -0.05) is 0 Å². The van der Waals surface area contributed by atoms with Gasteiger partial charge in [0.1, 0.15) is 0 Å². The van der Waals surface area contributed by atoms with Crippen LogP contribution in [0, 0.1) is 5.92 Å². The molecule has 3 N–H and O–H groups in total. The Morgan fingerprint density at radius 1 is 1.11 bits per heavy atom. The number of alkyl halides is 7. The van der Waals surface area contributed by atoms with Crippen molar-refractivity contribution >= 4 is 26.3 Å². The standard InChI is InChI=1S/C14H13F6IN2O4/c1-7(12-21(22-12)23-12)10(24)27-9-4-2-8(3-5-9)26-6-11(25,13(15,16)17)14(18,19)20/h2-5,7,22-23,25H,6H2,1H3. The second-order valence-corrected chi connectivity index (χ2v) is 10.3. The van der Waals surface area contributed by atoms with E-state index in [0.717, 1.165) is 24.3 Å². The van der Waals surface area contributed by atoms with Crippen LogP contribution in [0.15, 0.2) is 24.3 Å². The number of halogens is 7. The molecule has 1 atom stereocenters. The van der Waals surface area contributed by atoms with E-state index in [0.29, 0.717) is 0 Å². The SMILES string of the molecule is CC(C(=O)Oc1ccc(OCC(O)(C(F)(F)F)C(F)(F)F)cc1)C12NI1N2. The van der Waals surface area contributed by atoms with E-state index in [1.807, 2.05) is 0 Å². The predicted octanol–water partition coefficient (Wildman–Crippen LogP) is 2.66. The first kappa shape index (κ1) is 20.4. The number of hydrogen-bond donors (Lipinski definition) is 3. The van der Waals surface area contributed by atoms with Gasteiger partial charge >= 0.3 is 130 Å². The Balaban J connectivity index is 1.59. The third-order valence-corrected chi connectivity index (χ3v) is 8.95. The van der Waals surface area contributed by atoms with Gasteiger partial charge in [0, 0.05) is 0 Å². The molecule has 27 heavy (non-hydrogen) atoms. The van der Waals surface area contributed by atoms with Crippen LogP contribution in [0.1, 0.15) is 6.92 Å². The van der Waals surface area contributed by atoms with Gasteiger partial charge in [0.2, 0.25) is 0 Å². The molecular formula is C14H13F6IN2O4. The Labute approximate surface area is 156 Å². The van der Waals surface area contributed by atoms with E-state index in [9.17, 15) is 31.1 Å². The van der Waals surface area contributed by atoms with Gasteiger partial charge in [0.15, 0.2) is 0 Å². The van der Waals surface area contributed by atoms with Crippen LogP contribution in [-0.2, 0) is 4.79 Å². The van der Waals surface area contributed by atoms with Crippen LogP contribution in [0.25, 0.3) is 0 Å². The second-order valence-electron chi connectivity index (χ2n) is 5.94. The van der Waals surface area contributed by atoms with Crippen LogP contribution in [0.3, 0.4) is 0 Å². The van der Waals surface area contributed by atoms with Crippen molar-refractivity contribution in [3.8, 4) is 11.5 Å². The van der Waals surface area contributed by atoms with Gasteiger partial charge < -0.3 is 0 Å². The fourth-order valence-electron chi connectivity index (χ4n) is 2.05. The first-order valence-corrected chi connectivity index (χ1v) is 10.6. The Morgan fingerprint density at radius 3 is 1.96 bits per heavy atom.